The van der Waals surface area contributed by atoms with Crippen molar-refractivity contribution in [3.8, 4) is 5.75 Å². The zero-order chi connectivity index (χ0) is 30.1. The fourth-order valence-electron chi connectivity index (χ4n) is 7.06. The Kier molecular flexibility index (Phi) is 11.0. The molecule has 4 rings (SSSR count). The molecule has 2 aromatic rings. The maximum Gasteiger partial charge on any atom is 0.308 e. The Hall–Kier alpha value is -3.45. The van der Waals surface area contributed by atoms with Crippen molar-refractivity contribution in [1.29, 1.82) is 0 Å². The molecule has 7 nitrogen and oxygen atoms in total. The zero-order valence-corrected chi connectivity index (χ0v) is 25.4. The molecule has 1 heterocycles. The molecule has 1 amide bonds. The number of rotatable bonds is 12. The van der Waals surface area contributed by atoms with E-state index in [2.05, 4.69) is 41.8 Å². The summed E-state index contributed by atoms with van der Waals surface area (Å²) in [5.74, 6) is -0.00679. The lowest BCUT2D eigenvalue weighted by molar-refractivity contribution is -0.160. The van der Waals surface area contributed by atoms with E-state index < -0.39 is 0 Å². The van der Waals surface area contributed by atoms with E-state index in [1.807, 2.05) is 36.2 Å². The van der Waals surface area contributed by atoms with Crippen LogP contribution >= 0.6 is 0 Å². The Morgan fingerprint density at radius 1 is 1.05 bits per heavy atom. The van der Waals surface area contributed by atoms with E-state index in [1.54, 1.807) is 6.07 Å². The van der Waals surface area contributed by atoms with Gasteiger partial charge in [-0.3, -0.25) is 19.3 Å². The van der Waals surface area contributed by atoms with Crippen LogP contribution in [0.15, 0.2) is 67.3 Å². The number of fused-ring (bicyclic) bond motifs is 1. The lowest BCUT2D eigenvalue weighted by Gasteiger charge is -2.56. The van der Waals surface area contributed by atoms with Gasteiger partial charge in [-0.15, -0.1) is 6.58 Å². The van der Waals surface area contributed by atoms with Crippen LogP contribution in [0.25, 0.3) is 0 Å². The molecule has 1 aliphatic carbocycles. The number of aryl methyl sites for hydroxylation is 1. The third-order valence-electron chi connectivity index (χ3n) is 9.11. The number of likely N-dealkylation sites (tertiary alicyclic amines) is 1. The Morgan fingerprint density at radius 2 is 1.83 bits per heavy atom. The second kappa shape index (κ2) is 14.6. The fourth-order valence-corrected chi connectivity index (χ4v) is 7.06. The lowest BCUT2D eigenvalue weighted by Crippen LogP contribution is -2.61. The molecule has 2 aliphatic rings. The van der Waals surface area contributed by atoms with Crippen LogP contribution in [0.3, 0.4) is 0 Å². The van der Waals surface area contributed by atoms with Crippen LogP contribution in [0.2, 0.25) is 0 Å². The molecule has 1 unspecified atom stereocenters. The average molecular weight is 575 g/mol. The van der Waals surface area contributed by atoms with E-state index in [-0.39, 0.29) is 41.3 Å². The Labute approximate surface area is 250 Å². The number of amides is 1. The number of piperidine rings is 1. The molecular weight excluding hydrogens is 528 g/mol. The topological polar surface area (TPSA) is 76.2 Å². The summed E-state index contributed by atoms with van der Waals surface area (Å²) in [6.07, 6.45) is 8.22. The summed E-state index contributed by atoms with van der Waals surface area (Å²) in [5, 5.41) is 0. The van der Waals surface area contributed by atoms with Crippen LogP contribution in [0, 0.1) is 5.92 Å². The maximum absolute atomic E-state index is 13.5. The van der Waals surface area contributed by atoms with Gasteiger partial charge in [0.1, 0.15) is 11.9 Å². The van der Waals surface area contributed by atoms with Gasteiger partial charge in [-0.05, 0) is 61.9 Å². The minimum absolute atomic E-state index is 0.0282. The highest BCUT2D eigenvalue weighted by Crippen LogP contribution is 2.51. The standard InChI is InChI=1S/C35H46N2O5/c1-5-20-37-21-19-35(29-16-12-17-31(22-29)41-26(2)38)24-30(23-33(32(35)25-37)42-27(3)39)36(4)34(40)18-11-7-10-15-28-13-8-6-9-14-28/h5-6,8-9,12-14,16-17,22,30,32-33H,1,7,10-11,15,18-21,23-25H2,2-4H3/t30-,32+,33?,35+/m1/s1. The van der Waals surface area contributed by atoms with E-state index in [4.69, 9.17) is 9.47 Å². The van der Waals surface area contributed by atoms with Crippen molar-refractivity contribution in [1.82, 2.24) is 9.80 Å². The van der Waals surface area contributed by atoms with Gasteiger partial charge < -0.3 is 14.4 Å². The van der Waals surface area contributed by atoms with Gasteiger partial charge in [0.25, 0.3) is 0 Å². The summed E-state index contributed by atoms with van der Waals surface area (Å²) in [6, 6.07) is 18.1. The number of unbranched alkanes of at least 4 members (excludes halogenated alkanes) is 2. The number of benzene rings is 2. The van der Waals surface area contributed by atoms with Crippen LogP contribution < -0.4 is 4.74 Å². The Balaban J connectivity index is 1.53. The third-order valence-corrected chi connectivity index (χ3v) is 9.11. The van der Waals surface area contributed by atoms with Gasteiger partial charge in [0.05, 0.1) is 0 Å². The van der Waals surface area contributed by atoms with Gasteiger partial charge in [-0.2, -0.15) is 0 Å². The highest BCUT2D eigenvalue weighted by Gasteiger charge is 2.54. The minimum Gasteiger partial charge on any atom is -0.462 e. The lowest BCUT2D eigenvalue weighted by atomic mass is 9.56. The SMILES string of the molecule is C=CCN1CC[C@@]2(c3cccc(OC(C)=O)c3)C[C@H](N(C)C(=O)CCCCCc3ccccc3)CC(OC(C)=O)[C@@H]2C1. The number of carbonyl (C=O) groups excluding carboxylic acids is 3. The number of esters is 2. The number of carbonyl (C=O) groups is 3. The van der Waals surface area contributed by atoms with Crippen LogP contribution in [0.1, 0.15) is 69.9 Å². The third kappa shape index (κ3) is 7.88. The highest BCUT2D eigenvalue weighted by atomic mass is 16.5. The van der Waals surface area contributed by atoms with Crippen molar-refractivity contribution < 1.29 is 23.9 Å². The molecule has 0 aromatic heterocycles. The van der Waals surface area contributed by atoms with E-state index in [0.29, 0.717) is 18.6 Å². The summed E-state index contributed by atoms with van der Waals surface area (Å²) >= 11 is 0. The Bertz CT molecular complexity index is 1230. The molecule has 0 bridgehead atoms. The first kappa shape index (κ1) is 31.5. The first-order valence-corrected chi connectivity index (χ1v) is 15.3. The highest BCUT2D eigenvalue weighted by molar-refractivity contribution is 5.76. The number of hydrogen-bond acceptors (Lipinski definition) is 6. The molecule has 4 atom stereocenters. The molecule has 0 spiro atoms. The summed E-state index contributed by atoms with van der Waals surface area (Å²) in [6.45, 7) is 9.17. The van der Waals surface area contributed by atoms with E-state index in [9.17, 15) is 14.4 Å². The van der Waals surface area contributed by atoms with Crippen LogP contribution in [-0.2, 0) is 31.0 Å². The molecule has 2 fully saturated rings. The van der Waals surface area contributed by atoms with Gasteiger partial charge in [0.2, 0.25) is 5.91 Å². The van der Waals surface area contributed by atoms with Crippen LogP contribution in [0.4, 0.5) is 0 Å². The van der Waals surface area contributed by atoms with Gasteiger partial charge in [0, 0.05) is 64.2 Å². The van der Waals surface area contributed by atoms with Crippen molar-refractivity contribution >= 4 is 17.8 Å². The van der Waals surface area contributed by atoms with E-state index in [1.165, 1.54) is 19.4 Å². The molecule has 1 aliphatic heterocycles. The Morgan fingerprint density at radius 3 is 2.55 bits per heavy atom. The van der Waals surface area contributed by atoms with Crippen LogP contribution in [-0.4, -0.2) is 66.5 Å². The monoisotopic (exact) mass is 574 g/mol. The fraction of sp³-hybridized carbons (Fsp3) is 0.514. The minimum atomic E-state index is -0.365. The molecule has 1 saturated carbocycles. The van der Waals surface area contributed by atoms with Crippen molar-refractivity contribution in [2.75, 3.05) is 26.7 Å². The number of hydrogen-bond donors (Lipinski definition) is 0. The zero-order valence-electron chi connectivity index (χ0n) is 25.4. The maximum atomic E-state index is 13.5. The molecule has 2 aromatic carbocycles. The van der Waals surface area contributed by atoms with Gasteiger partial charge >= 0.3 is 11.9 Å². The van der Waals surface area contributed by atoms with Gasteiger partial charge in [-0.25, -0.2) is 0 Å². The molecular formula is C35H46N2O5. The van der Waals surface area contributed by atoms with Gasteiger partial charge in [0.15, 0.2) is 0 Å². The first-order chi connectivity index (χ1) is 20.2. The molecule has 0 radical (unpaired) electrons. The van der Waals surface area contributed by atoms with E-state index >= 15 is 0 Å². The van der Waals surface area contributed by atoms with Crippen LogP contribution in [0.5, 0.6) is 5.75 Å². The van der Waals surface area contributed by atoms with Crippen molar-refractivity contribution in [2.45, 2.75) is 82.8 Å². The average Bonchev–Trinajstić information content (AvgIpc) is 2.97. The largest absolute Gasteiger partial charge is 0.462 e. The molecule has 0 N–H and O–H groups in total. The molecule has 1 saturated heterocycles. The smallest absolute Gasteiger partial charge is 0.308 e. The second-order valence-electron chi connectivity index (χ2n) is 12.0. The van der Waals surface area contributed by atoms with Crippen molar-refractivity contribution in [3.05, 3.63) is 78.4 Å². The second-order valence-corrected chi connectivity index (χ2v) is 12.0. The van der Waals surface area contributed by atoms with E-state index in [0.717, 1.165) is 63.7 Å². The normalized spacial score (nSPS) is 23.8. The summed E-state index contributed by atoms with van der Waals surface area (Å²) in [5.41, 5.74) is 2.05. The quantitative estimate of drug-likeness (QED) is 0.140. The molecule has 226 valence electrons. The summed E-state index contributed by atoms with van der Waals surface area (Å²) < 4.78 is 11.5. The molecule has 7 heteroatoms. The number of ether oxygens (including phenoxy) is 2. The summed E-state index contributed by atoms with van der Waals surface area (Å²) in [7, 11) is 1.90. The predicted molar refractivity (Wildman–Crippen MR) is 164 cm³/mol. The molecule has 42 heavy (non-hydrogen) atoms. The van der Waals surface area contributed by atoms with Crippen molar-refractivity contribution in [2.24, 2.45) is 5.92 Å². The number of nitrogens with zero attached hydrogens (tertiary/aromatic N) is 2. The summed E-state index contributed by atoms with van der Waals surface area (Å²) in [4.78, 5) is 41.8. The first-order valence-electron chi connectivity index (χ1n) is 15.3. The predicted octanol–water partition coefficient (Wildman–Crippen LogP) is 5.71. The van der Waals surface area contributed by atoms with Gasteiger partial charge in [-0.1, -0.05) is 55.0 Å². The van der Waals surface area contributed by atoms with Crippen molar-refractivity contribution in [3.63, 3.8) is 0 Å².